The first-order valence-corrected chi connectivity index (χ1v) is 5.50. The minimum Gasteiger partial charge on any atom is -0.480 e. The Balaban J connectivity index is 3.96. The molecule has 0 aromatic heterocycles. The average Bonchev–Trinajstić information content (AvgIpc) is 2.16. The summed E-state index contributed by atoms with van der Waals surface area (Å²) >= 11 is 0. The lowest BCUT2D eigenvalue weighted by molar-refractivity contribution is -0.139. The number of aliphatic carboxylic acids is 1. The van der Waals surface area contributed by atoms with Crippen molar-refractivity contribution in [2.24, 2.45) is 5.92 Å². The fraction of sp³-hybridized carbons (Fsp3) is 0.909. The first-order valence-electron chi connectivity index (χ1n) is 5.50. The summed E-state index contributed by atoms with van der Waals surface area (Å²) in [5, 5.41) is 11.9. The summed E-state index contributed by atoms with van der Waals surface area (Å²) in [7, 11) is 0. The van der Waals surface area contributed by atoms with Crippen LogP contribution in [0.15, 0.2) is 0 Å². The molecule has 0 fully saturated rings. The largest absolute Gasteiger partial charge is 0.480 e. The minimum atomic E-state index is -0.771. The normalized spacial score (nSPS) is 17.4. The predicted molar refractivity (Wildman–Crippen MR) is 58.4 cm³/mol. The molecule has 0 aromatic rings. The molecule has 3 atom stereocenters. The van der Waals surface area contributed by atoms with Crippen LogP contribution in [0, 0.1) is 5.92 Å². The number of nitrogens with one attached hydrogen (secondary N) is 1. The Bertz CT molecular complexity index is 171. The van der Waals surface area contributed by atoms with Gasteiger partial charge in [-0.05, 0) is 25.7 Å². The molecule has 0 saturated carbocycles. The second kappa shape index (κ2) is 6.82. The molecule has 0 aliphatic carbocycles. The highest BCUT2D eigenvalue weighted by molar-refractivity contribution is 5.72. The van der Waals surface area contributed by atoms with Crippen molar-refractivity contribution in [3.8, 4) is 0 Å². The van der Waals surface area contributed by atoms with Gasteiger partial charge in [0.2, 0.25) is 0 Å². The molecule has 0 aromatic carbocycles. The summed E-state index contributed by atoms with van der Waals surface area (Å²) in [5.74, 6) is -0.110. The van der Waals surface area contributed by atoms with E-state index in [4.69, 9.17) is 5.11 Å². The Labute approximate surface area is 86.9 Å². The van der Waals surface area contributed by atoms with Gasteiger partial charge in [-0.3, -0.25) is 4.79 Å². The van der Waals surface area contributed by atoms with Gasteiger partial charge in [0.1, 0.15) is 6.04 Å². The molecule has 0 radical (unpaired) electrons. The lowest BCUT2D eigenvalue weighted by atomic mass is 9.97. The maximum atomic E-state index is 10.6. The number of rotatable bonds is 7. The van der Waals surface area contributed by atoms with Gasteiger partial charge in [0, 0.05) is 6.04 Å². The number of hydrogen-bond acceptors (Lipinski definition) is 2. The van der Waals surface area contributed by atoms with E-state index in [9.17, 15) is 4.79 Å². The Hall–Kier alpha value is -0.570. The summed E-state index contributed by atoms with van der Waals surface area (Å²) in [5.41, 5.74) is 0. The molecule has 14 heavy (non-hydrogen) atoms. The molecule has 0 rings (SSSR count). The second-order valence-electron chi connectivity index (χ2n) is 4.08. The molecule has 2 unspecified atom stereocenters. The van der Waals surface area contributed by atoms with E-state index >= 15 is 0 Å². The Morgan fingerprint density at radius 2 is 1.86 bits per heavy atom. The van der Waals surface area contributed by atoms with Crippen molar-refractivity contribution in [1.29, 1.82) is 0 Å². The average molecular weight is 201 g/mol. The summed E-state index contributed by atoms with van der Waals surface area (Å²) in [6.45, 7) is 8.16. The third kappa shape index (κ3) is 5.22. The molecule has 0 spiro atoms. The summed E-state index contributed by atoms with van der Waals surface area (Å²) in [4.78, 5) is 10.6. The number of carboxylic acid groups (broad SMARTS) is 1. The third-order valence-electron chi connectivity index (χ3n) is 2.73. The molecule has 0 aliphatic heterocycles. The number of hydrogen-bond donors (Lipinski definition) is 2. The van der Waals surface area contributed by atoms with Gasteiger partial charge in [-0.1, -0.05) is 27.2 Å². The van der Waals surface area contributed by atoms with Crippen molar-refractivity contribution in [3.63, 3.8) is 0 Å². The van der Waals surface area contributed by atoms with E-state index in [0.29, 0.717) is 12.0 Å². The van der Waals surface area contributed by atoms with E-state index in [-0.39, 0.29) is 0 Å². The van der Waals surface area contributed by atoms with E-state index in [0.717, 1.165) is 19.3 Å². The van der Waals surface area contributed by atoms with E-state index in [1.54, 1.807) is 6.92 Å². The van der Waals surface area contributed by atoms with Gasteiger partial charge in [0.25, 0.3) is 0 Å². The van der Waals surface area contributed by atoms with Crippen LogP contribution >= 0.6 is 0 Å². The van der Waals surface area contributed by atoms with E-state index < -0.39 is 12.0 Å². The molecule has 0 heterocycles. The molecular weight excluding hydrogens is 178 g/mol. The molecule has 0 amide bonds. The molecular formula is C11H23NO2. The van der Waals surface area contributed by atoms with Gasteiger partial charge >= 0.3 is 5.97 Å². The molecule has 0 saturated heterocycles. The van der Waals surface area contributed by atoms with Crippen molar-refractivity contribution < 1.29 is 9.90 Å². The molecule has 3 heteroatoms. The highest BCUT2D eigenvalue weighted by atomic mass is 16.4. The van der Waals surface area contributed by atoms with Crippen LogP contribution in [0.1, 0.15) is 47.0 Å². The first kappa shape index (κ1) is 13.4. The van der Waals surface area contributed by atoms with Crippen LogP contribution in [0.2, 0.25) is 0 Å². The van der Waals surface area contributed by atoms with E-state index in [1.165, 1.54) is 0 Å². The number of carboxylic acids is 1. The molecule has 0 aliphatic rings. The maximum absolute atomic E-state index is 10.6. The van der Waals surface area contributed by atoms with Crippen molar-refractivity contribution >= 4 is 5.97 Å². The van der Waals surface area contributed by atoms with Crippen LogP contribution < -0.4 is 5.32 Å². The van der Waals surface area contributed by atoms with Crippen molar-refractivity contribution in [2.45, 2.75) is 59.0 Å². The highest BCUT2D eigenvalue weighted by Crippen LogP contribution is 2.12. The Morgan fingerprint density at radius 3 is 2.21 bits per heavy atom. The zero-order valence-corrected chi connectivity index (χ0v) is 9.71. The fourth-order valence-corrected chi connectivity index (χ4v) is 1.43. The Morgan fingerprint density at radius 1 is 1.29 bits per heavy atom. The second-order valence-corrected chi connectivity index (χ2v) is 4.08. The van der Waals surface area contributed by atoms with Crippen LogP contribution in [-0.4, -0.2) is 23.2 Å². The maximum Gasteiger partial charge on any atom is 0.320 e. The van der Waals surface area contributed by atoms with Crippen molar-refractivity contribution in [1.82, 2.24) is 5.32 Å². The number of carbonyl (C=O) groups is 1. The highest BCUT2D eigenvalue weighted by Gasteiger charge is 2.16. The smallest absolute Gasteiger partial charge is 0.320 e. The Kier molecular flexibility index (Phi) is 6.54. The fourth-order valence-electron chi connectivity index (χ4n) is 1.43. The monoisotopic (exact) mass is 201 g/mol. The zero-order valence-electron chi connectivity index (χ0n) is 9.71. The summed E-state index contributed by atoms with van der Waals surface area (Å²) in [6, 6.07) is -0.111. The zero-order chi connectivity index (χ0) is 11.1. The van der Waals surface area contributed by atoms with Crippen LogP contribution in [-0.2, 0) is 4.79 Å². The summed E-state index contributed by atoms with van der Waals surface area (Å²) in [6.07, 6.45) is 3.20. The molecule has 0 bridgehead atoms. The lowest BCUT2D eigenvalue weighted by Crippen LogP contribution is -2.41. The first-order chi connectivity index (χ1) is 6.51. The summed E-state index contributed by atoms with van der Waals surface area (Å²) < 4.78 is 0. The van der Waals surface area contributed by atoms with Gasteiger partial charge in [0.15, 0.2) is 0 Å². The van der Waals surface area contributed by atoms with E-state index in [1.807, 2.05) is 0 Å². The van der Waals surface area contributed by atoms with Crippen LogP contribution in [0.4, 0.5) is 0 Å². The van der Waals surface area contributed by atoms with Gasteiger partial charge < -0.3 is 10.4 Å². The SMILES string of the molecule is CCC(C)CC(CC)N[C@@H](C)C(=O)O. The van der Waals surface area contributed by atoms with Crippen molar-refractivity contribution in [3.05, 3.63) is 0 Å². The molecule has 84 valence electrons. The standard InChI is InChI=1S/C11H23NO2/c1-5-8(3)7-10(6-2)12-9(4)11(13)14/h8-10,12H,5-7H2,1-4H3,(H,13,14)/t8?,9-,10?/m0/s1. The van der Waals surface area contributed by atoms with E-state index in [2.05, 4.69) is 26.1 Å². The van der Waals surface area contributed by atoms with Gasteiger partial charge in [-0.25, -0.2) is 0 Å². The van der Waals surface area contributed by atoms with Crippen LogP contribution in [0.3, 0.4) is 0 Å². The lowest BCUT2D eigenvalue weighted by Gasteiger charge is -2.22. The third-order valence-corrected chi connectivity index (χ3v) is 2.73. The van der Waals surface area contributed by atoms with Gasteiger partial charge in [0.05, 0.1) is 0 Å². The van der Waals surface area contributed by atoms with Crippen molar-refractivity contribution in [2.75, 3.05) is 0 Å². The van der Waals surface area contributed by atoms with Crippen LogP contribution in [0.5, 0.6) is 0 Å². The van der Waals surface area contributed by atoms with Gasteiger partial charge in [-0.15, -0.1) is 0 Å². The topological polar surface area (TPSA) is 49.3 Å². The minimum absolute atomic E-state index is 0.330. The molecule has 2 N–H and O–H groups in total. The predicted octanol–water partition coefficient (Wildman–Crippen LogP) is 2.26. The van der Waals surface area contributed by atoms with Crippen LogP contribution in [0.25, 0.3) is 0 Å². The molecule has 3 nitrogen and oxygen atoms in total. The quantitative estimate of drug-likeness (QED) is 0.664. The van der Waals surface area contributed by atoms with Gasteiger partial charge in [-0.2, -0.15) is 0 Å².